The molecule has 1 heterocycles. The fraction of sp³-hybridized carbons (Fsp3) is 0.556. The number of hydrogen-bond donors (Lipinski definition) is 3. The molecule has 1 fully saturated rings. The smallest absolute Gasteiger partial charge is 0.252 e. The first-order valence-electron chi connectivity index (χ1n) is 8.67. The maximum atomic E-state index is 12.4. The summed E-state index contributed by atoms with van der Waals surface area (Å²) >= 11 is 1.38. The average Bonchev–Trinajstić information content (AvgIpc) is 3.14. The van der Waals surface area contributed by atoms with Gasteiger partial charge in [0.05, 0.1) is 17.9 Å². The summed E-state index contributed by atoms with van der Waals surface area (Å²) in [6.45, 7) is 3.78. The molecule has 1 aliphatic heterocycles. The molecule has 0 saturated carbocycles. The standard InChI is InChI=1S/C18H27N3O3S/c1-24-11-10-20-17(22)13-25-16-5-3-2-4-15(16)18(23)21-9-7-14-6-8-19-12-14/h2-5,14,19H,6-13H2,1H3,(H,20,22)(H,21,23). The molecule has 2 rings (SSSR count). The zero-order valence-electron chi connectivity index (χ0n) is 14.7. The van der Waals surface area contributed by atoms with Gasteiger partial charge in [0.2, 0.25) is 5.91 Å². The van der Waals surface area contributed by atoms with Gasteiger partial charge >= 0.3 is 0 Å². The molecule has 2 amide bonds. The lowest BCUT2D eigenvalue weighted by Crippen LogP contribution is -2.29. The van der Waals surface area contributed by atoms with Crippen LogP contribution in [0.3, 0.4) is 0 Å². The molecule has 0 spiro atoms. The number of nitrogens with one attached hydrogen (secondary N) is 3. The summed E-state index contributed by atoms with van der Waals surface area (Å²) < 4.78 is 4.90. The Morgan fingerprint density at radius 3 is 2.88 bits per heavy atom. The normalized spacial score (nSPS) is 16.6. The monoisotopic (exact) mass is 365 g/mol. The third-order valence-corrected chi connectivity index (χ3v) is 5.19. The van der Waals surface area contributed by atoms with Crippen molar-refractivity contribution < 1.29 is 14.3 Å². The van der Waals surface area contributed by atoms with E-state index >= 15 is 0 Å². The van der Waals surface area contributed by atoms with E-state index in [4.69, 9.17) is 4.74 Å². The maximum Gasteiger partial charge on any atom is 0.252 e. The Bertz CT molecular complexity index is 562. The Balaban J connectivity index is 1.79. The Morgan fingerprint density at radius 1 is 1.28 bits per heavy atom. The highest BCUT2D eigenvalue weighted by Gasteiger charge is 2.16. The molecule has 0 radical (unpaired) electrons. The Morgan fingerprint density at radius 2 is 2.12 bits per heavy atom. The largest absolute Gasteiger partial charge is 0.383 e. The summed E-state index contributed by atoms with van der Waals surface area (Å²) in [7, 11) is 1.60. The molecule has 1 atom stereocenters. The van der Waals surface area contributed by atoms with Gasteiger partial charge in [-0.25, -0.2) is 0 Å². The van der Waals surface area contributed by atoms with Crippen LogP contribution in [0, 0.1) is 5.92 Å². The highest BCUT2D eigenvalue weighted by atomic mass is 32.2. The highest BCUT2D eigenvalue weighted by molar-refractivity contribution is 8.00. The molecule has 0 bridgehead atoms. The van der Waals surface area contributed by atoms with Gasteiger partial charge in [-0.3, -0.25) is 9.59 Å². The Labute approximate surface area is 153 Å². The van der Waals surface area contributed by atoms with Gasteiger partial charge in [0.25, 0.3) is 5.91 Å². The molecule has 1 saturated heterocycles. The highest BCUT2D eigenvalue weighted by Crippen LogP contribution is 2.22. The number of amides is 2. The topological polar surface area (TPSA) is 79.5 Å². The molecule has 0 aliphatic carbocycles. The molecular weight excluding hydrogens is 338 g/mol. The summed E-state index contributed by atoms with van der Waals surface area (Å²) in [5.74, 6) is 0.794. The second-order valence-electron chi connectivity index (χ2n) is 6.03. The Kier molecular flexibility index (Phi) is 8.79. The molecule has 3 N–H and O–H groups in total. The van der Waals surface area contributed by atoms with Gasteiger partial charge < -0.3 is 20.7 Å². The van der Waals surface area contributed by atoms with Gasteiger partial charge in [0.1, 0.15) is 0 Å². The summed E-state index contributed by atoms with van der Waals surface area (Å²) in [5, 5.41) is 9.11. The number of rotatable bonds is 10. The third kappa shape index (κ3) is 7.05. The predicted octanol–water partition coefficient (Wildman–Crippen LogP) is 1.27. The number of thioether (sulfide) groups is 1. The fourth-order valence-corrected chi connectivity index (χ4v) is 3.59. The zero-order valence-corrected chi connectivity index (χ0v) is 15.5. The lowest BCUT2D eigenvalue weighted by atomic mass is 10.1. The van der Waals surface area contributed by atoms with Gasteiger partial charge in [-0.1, -0.05) is 12.1 Å². The Hall–Kier alpha value is -1.57. The molecule has 1 aromatic carbocycles. The number of carbonyl (C=O) groups excluding carboxylic acids is 2. The van der Waals surface area contributed by atoms with E-state index in [0.29, 0.717) is 31.2 Å². The first-order valence-corrected chi connectivity index (χ1v) is 9.65. The minimum atomic E-state index is -0.0751. The molecular formula is C18H27N3O3S. The molecule has 1 aliphatic rings. The van der Waals surface area contributed by atoms with E-state index in [2.05, 4.69) is 16.0 Å². The van der Waals surface area contributed by atoms with Crippen LogP contribution in [-0.2, 0) is 9.53 Å². The first kappa shape index (κ1) is 19.8. The first-order chi connectivity index (χ1) is 12.2. The van der Waals surface area contributed by atoms with E-state index in [0.717, 1.165) is 24.4 Å². The quantitative estimate of drug-likeness (QED) is 0.430. The van der Waals surface area contributed by atoms with Crippen LogP contribution in [-0.4, -0.2) is 57.5 Å². The molecule has 1 unspecified atom stereocenters. The lowest BCUT2D eigenvalue weighted by molar-refractivity contribution is -0.118. The second-order valence-corrected chi connectivity index (χ2v) is 7.05. The van der Waals surface area contributed by atoms with Gasteiger partial charge in [0.15, 0.2) is 0 Å². The van der Waals surface area contributed by atoms with Crippen LogP contribution in [0.5, 0.6) is 0 Å². The van der Waals surface area contributed by atoms with Crippen LogP contribution >= 0.6 is 11.8 Å². The van der Waals surface area contributed by atoms with Gasteiger partial charge in [-0.05, 0) is 44.0 Å². The maximum absolute atomic E-state index is 12.4. The second kappa shape index (κ2) is 11.1. The van der Waals surface area contributed by atoms with Crippen molar-refractivity contribution in [2.75, 3.05) is 45.6 Å². The van der Waals surface area contributed by atoms with Crippen molar-refractivity contribution in [3.05, 3.63) is 29.8 Å². The van der Waals surface area contributed by atoms with Crippen LogP contribution < -0.4 is 16.0 Å². The molecule has 25 heavy (non-hydrogen) atoms. The van der Waals surface area contributed by atoms with Crippen molar-refractivity contribution in [2.24, 2.45) is 5.92 Å². The van der Waals surface area contributed by atoms with Crippen molar-refractivity contribution >= 4 is 23.6 Å². The number of benzene rings is 1. The van der Waals surface area contributed by atoms with Crippen LogP contribution in [0.2, 0.25) is 0 Å². The molecule has 1 aromatic rings. The van der Waals surface area contributed by atoms with Crippen molar-refractivity contribution in [2.45, 2.75) is 17.7 Å². The van der Waals surface area contributed by atoms with Crippen LogP contribution in [0.4, 0.5) is 0 Å². The van der Waals surface area contributed by atoms with Gasteiger partial charge in [-0.2, -0.15) is 0 Å². The summed E-state index contributed by atoms with van der Waals surface area (Å²) in [5.41, 5.74) is 0.627. The summed E-state index contributed by atoms with van der Waals surface area (Å²) in [6.07, 6.45) is 2.18. The average molecular weight is 365 g/mol. The number of hydrogen-bond acceptors (Lipinski definition) is 5. The fourth-order valence-electron chi connectivity index (χ4n) is 2.71. The van der Waals surface area contributed by atoms with Crippen LogP contribution in [0.15, 0.2) is 29.2 Å². The molecule has 138 valence electrons. The van der Waals surface area contributed by atoms with E-state index in [-0.39, 0.29) is 17.6 Å². The van der Waals surface area contributed by atoms with Crippen molar-refractivity contribution in [1.82, 2.24) is 16.0 Å². The molecule has 0 aromatic heterocycles. The number of methoxy groups -OCH3 is 1. The lowest BCUT2D eigenvalue weighted by Gasteiger charge is -2.12. The van der Waals surface area contributed by atoms with Gasteiger partial charge in [-0.15, -0.1) is 11.8 Å². The van der Waals surface area contributed by atoms with Crippen LogP contribution in [0.1, 0.15) is 23.2 Å². The SMILES string of the molecule is COCCNC(=O)CSc1ccccc1C(=O)NCCC1CCNC1. The minimum Gasteiger partial charge on any atom is -0.383 e. The number of carbonyl (C=O) groups is 2. The summed E-state index contributed by atoms with van der Waals surface area (Å²) in [6, 6.07) is 7.41. The van der Waals surface area contributed by atoms with Crippen molar-refractivity contribution in [3.63, 3.8) is 0 Å². The number of ether oxygens (including phenoxy) is 1. The van der Waals surface area contributed by atoms with E-state index in [1.165, 1.54) is 18.2 Å². The molecule has 6 nitrogen and oxygen atoms in total. The molecule has 7 heteroatoms. The predicted molar refractivity (Wildman–Crippen MR) is 100.0 cm³/mol. The minimum absolute atomic E-state index is 0.0639. The van der Waals surface area contributed by atoms with E-state index in [1.807, 2.05) is 18.2 Å². The van der Waals surface area contributed by atoms with Gasteiger partial charge in [0, 0.05) is 25.1 Å². The van der Waals surface area contributed by atoms with Crippen molar-refractivity contribution in [3.8, 4) is 0 Å². The zero-order chi connectivity index (χ0) is 17.9. The van der Waals surface area contributed by atoms with E-state index in [9.17, 15) is 9.59 Å². The van der Waals surface area contributed by atoms with E-state index in [1.54, 1.807) is 13.2 Å². The van der Waals surface area contributed by atoms with E-state index < -0.39 is 0 Å². The van der Waals surface area contributed by atoms with Crippen molar-refractivity contribution in [1.29, 1.82) is 0 Å². The van der Waals surface area contributed by atoms with Crippen LogP contribution in [0.25, 0.3) is 0 Å². The summed E-state index contributed by atoms with van der Waals surface area (Å²) in [4.78, 5) is 25.1. The third-order valence-electron chi connectivity index (χ3n) is 4.12.